The SMILES string of the molecule is CN(Cc1nc2ccccc2s1)C(=O)CSc1nnc(-c2cccnc2)n1N. The third-order valence-corrected chi connectivity index (χ3v) is 5.99. The molecule has 0 spiro atoms. The molecule has 1 amide bonds. The summed E-state index contributed by atoms with van der Waals surface area (Å²) in [5.74, 6) is 6.76. The molecule has 1 aromatic carbocycles. The van der Waals surface area contributed by atoms with Crippen LogP contribution < -0.4 is 5.84 Å². The highest BCUT2D eigenvalue weighted by Gasteiger charge is 2.16. The number of hydrogen-bond donors (Lipinski definition) is 1. The smallest absolute Gasteiger partial charge is 0.233 e. The Bertz CT molecular complexity index is 1080. The third kappa shape index (κ3) is 3.82. The van der Waals surface area contributed by atoms with E-state index in [9.17, 15) is 4.79 Å². The Morgan fingerprint density at radius 1 is 1.25 bits per heavy atom. The lowest BCUT2D eigenvalue weighted by atomic mass is 10.3. The second kappa shape index (κ2) is 7.95. The van der Waals surface area contributed by atoms with E-state index >= 15 is 0 Å². The Labute approximate surface area is 169 Å². The van der Waals surface area contributed by atoms with E-state index in [0.29, 0.717) is 17.5 Å². The van der Waals surface area contributed by atoms with Gasteiger partial charge < -0.3 is 10.7 Å². The normalized spacial score (nSPS) is 11.0. The second-order valence-corrected chi connectivity index (χ2v) is 8.09. The molecule has 0 aliphatic carbocycles. The molecule has 0 aliphatic rings. The van der Waals surface area contributed by atoms with Gasteiger partial charge in [0.05, 0.1) is 22.5 Å². The van der Waals surface area contributed by atoms with E-state index in [-0.39, 0.29) is 11.7 Å². The fraction of sp³-hybridized carbons (Fsp3) is 0.167. The van der Waals surface area contributed by atoms with Crippen molar-refractivity contribution in [1.29, 1.82) is 0 Å². The van der Waals surface area contributed by atoms with E-state index in [0.717, 1.165) is 20.8 Å². The van der Waals surface area contributed by atoms with Crippen LogP contribution >= 0.6 is 23.1 Å². The summed E-state index contributed by atoms with van der Waals surface area (Å²) in [5.41, 5.74) is 1.72. The molecule has 10 heteroatoms. The molecule has 3 aromatic heterocycles. The van der Waals surface area contributed by atoms with Crippen LogP contribution in [0.25, 0.3) is 21.6 Å². The van der Waals surface area contributed by atoms with Crippen molar-refractivity contribution in [3.05, 3.63) is 53.8 Å². The van der Waals surface area contributed by atoms with Crippen LogP contribution in [0.2, 0.25) is 0 Å². The molecule has 2 N–H and O–H groups in total. The van der Waals surface area contributed by atoms with E-state index in [1.165, 1.54) is 16.4 Å². The minimum Gasteiger partial charge on any atom is -0.338 e. The zero-order chi connectivity index (χ0) is 19.5. The van der Waals surface area contributed by atoms with Crippen LogP contribution in [0.3, 0.4) is 0 Å². The molecule has 0 saturated carbocycles. The lowest BCUT2D eigenvalue weighted by molar-refractivity contribution is -0.127. The molecule has 0 bridgehead atoms. The lowest BCUT2D eigenvalue weighted by Crippen LogP contribution is -2.28. The number of nitrogens with zero attached hydrogens (tertiary/aromatic N) is 6. The van der Waals surface area contributed by atoms with Crippen LogP contribution in [0.1, 0.15) is 5.01 Å². The Kier molecular flexibility index (Phi) is 5.22. The fourth-order valence-electron chi connectivity index (χ4n) is 2.58. The van der Waals surface area contributed by atoms with Gasteiger partial charge in [-0.05, 0) is 24.3 Å². The Morgan fingerprint density at radius 2 is 2.11 bits per heavy atom. The van der Waals surface area contributed by atoms with E-state index in [4.69, 9.17) is 5.84 Å². The van der Waals surface area contributed by atoms with Crippen LogP contribution in [-0.2, 0) is 11.3 Å². The topological polar surface area (TPSA) is 103 Å². The number of benzene rings is 1. The molecule has 0 radical (unpaired) electrons. The summed E-state index contributed by atoms with van der Waals surface area (Å²) >= 11 is 2.85. The standard InChI is InChI=1S/C18H17N7OS2/c1-24(10-15-21-13-6-2-3-7-14(13)28-15)16(26)11-27-18-23-22-17(25(18)19)12-5-4-8-20-9-12/h2-9H,10-11,19H2,1H3. The van der Waals surface area contributed by atoms with Crippen LogP contribution in [0.4, 0.5) is 0 Å². The molecule has 4 rings (SSSR count). The van der Waals surface area contributed by atoms with Gasteiger partial charge >= 0.3 is 0 Å². The second-order valence-electron chi connectivity index (χ2n) is 6.03. The first kappa shape index (κ1) is 18.4. The number of rotatable bonds is 6. The van der Waals surface area contributed by atoms with Crippen molar-refractivity contribution in [2.75, 3.05) is 18.6 Å². The van der Waals surface area contributed by atoms with Crippen molar-refractivity contribution >= 4 is 39.2 Å². The van der Waals surface area contributed by atoms with Gasteiger partial charge in [0.2, 0.25) is 11.1 Å². The van der Waals surface area contributed by atoms with Gasteiger partial charge in [0.25, 0.3) is 0 Å². The molecule has 0 saturated heterocycles. The number of para-hydroxylation sites is 1. The summed E-state index contributed by atoms with van der Waals surface area (Å²) in [6.45, 7) is 0.467. The van der Waals surface area contributed by atoms with Crippen LogP contribution in [-0.4, -0.2) is 48.4 Å². The monoisotopic (exact) mass is 411 g/mol. The predicted molar refractivity (Wildman–Crippen MR) is 110 cm³/mol. The molecule has 3 heterocycles. The number of thiazole rings is 1. The minimum absolute atomic E-state index is 0.0322. The van der Waals surface area contributed by atoms with Crippen LogP contribution in [0.5, 0.6) is 0 Å². The van der Waals surface area contributed by atoms with E-state index in [2.05, 4.69) is 20.2 Å². The highest BCUT2D eigenvalue weighted by Crippen LogP contribution is 2.24. The van der Waals surface area contributed by atoms with Crippen molar-refractivity contribution in [2.45, 2.75) is 11.7 Å². The Morgan fingerprint density at radius 3 is 2.89 bits per heavy atom. The molecule has 142 valence electrons. The summed E-state index contributed by atoms with van der Waals surface area (Å²) in [7, 11) is 1.77. The number of hydrogen-bond acceptors (Lipinski definition) is 8. The number of aromatic nitrogens is 5. The van der Waals surface area contributed by atoms with E-state index < -0.39 is 0 Å². The van der Waals surface area contributed by atoms with Gasteiger partial charge in [0, 0.05) is 25.0 Å². The van der Waals surface area contributed by atoms with Crippen molar-refractivity contribution in [3.8, 4) is 11.4 Å². The molecule has 4 aromatic rings. The van der Waals surface area contributed by atoms with Crippen LogP contribution in [0, 0.1) is 0 Å². The molecular formula is C18H17N7OS2. The first-order valence-electron chi connectivity index (χ1n) is 8.44. The zero-order valence-corrected chi connectivity index (χ0v) is 16.7. The molecule has 8 nitrogen and oxygen atoms in total. The minimum atomic E-state index is -0.0322. The van der Waals surface area contributed by atoms with Gasteiger partial charge in [-0.3, -0.25) is 9.78 Å². The van der Waals surface area contributed by atoms with Crippen molar-refractivity contribution in [1.82, 2.24) is 29.7 Å². The number of pyridine rings is 1. The molecule has 0 fully saturated rings. The number of thioether (sulfide) groups is 1. The quantitative estimate of drug-likeness (QED) is 0.384. The van der Waals surface area contributed by atoms with Crippen molar-refractivity contribution < 1.29 is 4.79 Å². The molecule has 0 unspecified atom stereocenters. The maximum absolute atomic E-state index is 12.5. The first-order valence-corrected chi connectivity index (χ1v) is 10.2. The van der Waals surface area contributed by atoms with Gasteiger partial charge in [-0.2, -0.15) is 0 Å². The average molecular weight is 412 g/mol. The highest BCUT2D eigenvalue weighted by molar-refractivity contribution is 7.99. The number of nitrogens with two attached hydrogens (primary N) is 1. The molecular weight excluding hydrogens is 394 g/mol. The van der Waals surface area contributed by atoms with Gasteiger partial charge in [0.1, 0.15) is 5.01 Å². The van der Waals surface area contributed by atoms with Gasteiger partial charge in [0.15, 0.2) is 5.82 Å². The van der Waals surface area contributed by atoms with Crippen LogP contribution in [0.15, 0.2) is 53.9 Å². The number of fused-ring (bicyclic) bond motifs is 1. The number of nitrogen functional groups attached to an aromatic ring is 1. The largest absolute Gasteiger partial charge is 0.338 e. The maximum Gasteiger partial charge on any atom is 0.233 e. The molecule has 28 heavy (non-hydrogen) atoms. The fourth-order valence-corrected chi connectivity index (χ4v) is 4.40. The molecule has 0 aliphatic heterocycles. The van der Waals surface area contributed by atoms with Gasteiger partial charge in [-0.1, -0.05) is 23.9 Å². The van der Waals surface area contributed by atoms with Gasteiger partial charge in [-0.25, -0.2) is 9.66 Å². The predicted octanol–water partition coefficient (Wildman–Crippen LogP) is 2.41. The average Bonchev–Trinajstić information content (AvgIpc) is 3.29. The summed E-state index contributed by atoms with van der Waals surface area (Å²) in [4.78, 5) is 22.8. The molecule has 0 atom stereocenters. The highest BCUT2D eigenvalue weighted by atomic mass is 32.2. The van der Waals surface area contributed by atoms with Crippen molar-refractivity contribution in [2.24, 2.45) is 0 Å². The summed E-state index contributed by atoms with van der Waals surface area (Å²) in [5, 5.41) is 9.55. The Balaban J connectivity index is 1.38. The zero-order valence-electron chi connectivity index (χ0n) is 15.0. The number of carbonyl (C=O) groups excluding carboxylic acids is 1. The maximum atomic E-state index is 12.5. The summed E-state index contributed by atoms with van der Waals surface area (Å²) in [6.07, 6.45) is 3.34. The van der Waals surface area contributed by atoms with E-state index in [1.807, 2.05) is 30.3 Å². The number of carbonyl (C=O) groups is 1. The lowest BCUT2D eigenvalue weighted by Gasteiger charge is -2.15. The van der Waals surface area contributed by atoms with Crippen molar-refractivity contribution in [3.63, 3.8) is 0 Å². The summed E-state index contributed by atoms with van der Waals surface area (Å²) in [6, 6.07) is 11.6. The Hall–Kier alpha value is -2.98. The number of amides is 1. The van der Waals surface area contributed by atoms with Gasteiger partial charge in [-0.15, -0.1) is 21.5 Å². The first-order chi connectivity index (χ1) is 13.6. The third-order valence-electron chi connectivity index (χ3n) is 4.05. The summed E-state index contributed by atoms with van der Waals surface area (Å²) < 4.78 is 2.49. The van der Waals surface area contributed by atoms with E-state index in [1.54, 1.807) is 41.7 Å².